The molecule has 2 amide bonds. The molecule has 0 saturated carbocycles. The molecule has 0 aliphatic carbocycles. The Labute approximate surface area is 263 Å². The van der Waals surface area contributed by atoms with Crippen LogP contribution in [-0.2, 0) is 24.8 Å². The van der Waals surface area contributed by atoms with Crippen molar-refractivity contribution in [3.63, 3.8) is 0 Å². The van der Waals surface area contributed by atoms with Gasteiger partial charge < -0.3 is 9.47 Å². The summed E-state index contributed by atoms with van der Waals surface area (Å²) in [6.07, 6.45) is -0.0672. The number of aromatic nitrogens is 2. The Morgan fingerprint density at radius 2 is 1.49 bits per heavy atom. The second-order valence-electron chi connectivity index (χ2n) is 12.8. The highest BCUT2D eigenvalue weighted by atomic mass is 35.5. The predicted octanol–water partition coefficient (Wildman–Crippen LogP) is 7.32. The zero-order chi connectivity index (χ0) is 34.6. The van der Waals surface area contributed by atoms with E-state index in [0.29, 0.717) is 13.0 Å². The van der Waals surface area contributed by atoms with Crippen molar-refractivity contribution in [2.75, 3.05) is 0 Å². The van der Waals surface area contributed by atoms with Gasteiger partial charge in [-0.3, -0.25) is 4.99 Å². The summed E-state index contributed by atoms with van der Waals surface area (Å²) in [4.78, 5) is 38.3. The molecule has 246 valence electrons. The van der Waals surface area contributed by atoms with E-state index in [4.69, 9.17) is 21.1 Å². The number of hydrogen-bond acceptors (Lipinski definition) is 9. The SMILES string of the molecule is CC(C)(C)OC(=O)N(C(=O)OC(C)(C)C)C1=N[C@](C)(c2cc(/C=C(\F)c3cnc(Cl)cn3)ccc2F)C(F)(F)S(=O)(=O)C1(C)C. The monoisotopic (exact) mass is 676 g/mol. The van der Waals surface area contributed by atoms with Crippen molar-refractivity contribution in [2.24, 2.45) is 4.99 Å². The number of nitrogens with zero attached hydrogens (tertiary/aromatic N) is 4. The molecule has 3 rings (SSSR count). The number of imide groups is 1. The predicted molar refractivity (Wildman–Crippen MR) is 159 cm³/mol. The van der Waals surface area contributed by atoms with Crippen LogP contribution in [0.25, 0.3) is 11.9 Å². The molecule has 0 fully saturated rings. The lowest BCUT2D eigenvalue weighted by Gasteiger charge is -2.46. The number of amidine groups is 1. The fourth-order valence-electron chi connectivity index (χ4n) is 4.17. The minimum Gasteiger partial charge on any atom is -0.443 e. The summed E-state index contributed by atoms with van der Waals surface area (Å²) in [5, 5.41) is -4.85. The van der Waals surface area contributed by atoms with Crippen molar-refractivity contribution in [3.8, 4) is 0 Å². The Hall–Kier alpha value is -3.59. The van der Waals surface area contributed by atoms with Crippen LogP contribution in [0, 0.1) is 5.82 Å². The molecule has 0 N–H and O–H groups in total. The number of ether oxygens (including phenoxy) is 2. The van der Waals surface area contributed by atoms with E-state index in [1.54, 1.807) is 0 Å². The van der Waals surface area contributed by atoms with Crippen molar-refractivity contribution in [2.45, 2.75) is 89.1 Å². The molecular weight excluding hydrogens is 644 g/mol. The topological polar surface area (TPSA) is 128 Å². The van der Waals surface area contributed by atoms with Crippen LogP contribution in [0.1, 0.15) is 79.1 Å². The van der Waals surface area contributed by atoms with Gasteiger partial charge in [-0.05, 0) is 86.1 Å². The number of alkyl halides is 2. The summed E-state index contributed by atoms with van der Waals surface area (Å²) >= 11 is 5.67. The van der Waals surface area contributed by atoms with Gasteiger partial charge in [-0.25, -0.2) is 36.8 Å². The number of hydrogen-bond donors (Lipinski definition) is 0. The third-order valence-electron chi connectivity index (χ3n) is 6.48. The Bertz CT molecular complexity index is 1660. The molecule has 45 heavy (non-hydrogen) atoms. The first-order chi connectivity index (χ1) is 20.2. The molecule has 2 heterocycles. The molecule has 0 radical (unpaired) electrons. The maximum Gasteiger partial charge on any atom is 0.425 e. The van der Waals surface area contributed by atoms with Crippen molar-refractivity contribution in [1.29, 1.82) is 0 Å². The van der Waals surface area contributed by atoms with Crippen LogP contribution in [0.5, 0.6) is 0 Å². The normalized spacial score (nSPS) is 21.0. The second-order valence-corrected chi connectivity index (χ2v) is 15.7. The summed E-state index contributed by atoms with van der Waals surface area (Å²) < 4.78 is 98.1. The van der Waals surface area contributed by atoms with Crippen LogP contribution in [-0.4, -0.2) is 62.5 Å². The van der Waals surface area contributed by atoms with E-state index < -0.39 is 71.8 Å². The van der Waals surface area contributed by atoms with E-state index in [2.05, 4.69) is 15.0 Å². The van der Waals surface area contributed by atoms with E-state index in [-0.39, 0.29) is 21.3 Å². The minimum atomic E-state index is -5.75. The molecular formula is C29H33ClF4N4O6S. The second kappa shape index (κ2) is 11.6. The third-order valence-corrected chi connectivity index (χ3v) is 9.28. The van der Waals surface area contributed by atoms with E-state index in [9.17, 15) is 22.4 Å². The van der Waals surface area contributed by atoms with Gasteiger partial charge in [0.1, 0.15) is 38.4 Å². The summed E-state index contributed by atoms with van der Waals surface area (Å²) in [5.74, 6) is -3.35. The molecule has 2 aromatic rings. The van der Waals surface area contributed by atoms with E-state index in [0.717, 1.165) is 44.4 Å². The van der Waals surface area contributed by atoms with Gasteiger partial charge >= 0.3 is 17.4 Å². The van der Waals surface area contributed by atoms with Crippen LogP contribution >= 0.6 is 11.6 Å². The number of amides is 2. The third kappa shape index (κ3) is 6.83. The Morgan fingerprint density at radius 3 is 1.96 bits per heavy atom. The van der Waals surface area contributed by atoms with Gasteiger partial charge in [-0.1, -0.05) is 17.7 Å². The zero-order valence-corrected chi connectivity index (χ0v) is 27.6. The molecule has 1 aromatic heterocycles. The fraction of sp³-hybridized carbons (Fsp3) is 0.483. The van der Waals surface area contributed by atoms with Crippen LogP contribution in [0.15, 0.2) is 35.6 Å². The van der Waals surface area contributed by atoms with Crippen LogP contribution < -0.4 is 0 Å². The van der Waals surface area contributed by atoms with E-state index in [1.807, 2.05) is 0 Å². The maximum atomic E-state index is 16.2. The lowest BCUT2D eigenvalue weighted by molar-refractivity contribution is 0.000847. The first-order valence-corrected chi connectivity index (χ1v) is 15.2. The van der Waals surface area contributed by atoms with Crippen molar-refractivity contribution in [1.82, 2.24) is 14.9 Å². The number of carbonyl (C=O) groups excluding carboxylic acids is 2. The van der Waals surface area contributed by atoms with Gasteiger partial charge in [0.2, 0.25) is 9.84 Å². The van der Waals surface area contributed by atoms with Crippen molar-refractivity contribution < 1.29 is 45.0 Å². The van der Waals surface area contributed by atoms with Crippen LogP contribution in [0.4, 0.5) is 27.2 Å². The van der Waals surface area contributed by atoms with Crippen LogP contribution in [0.3, 0.4) is 0 Å². The highest BCUT2D eigenvalue weighted by Crippen LogP contribution is 2.53. The quantitative estimate of drug-likeness (QED) is 0.309. The number of halogens is 5. The van der Waals surface area contributed by atoms with Gasteiger partial charge in [0, 0.05) is 5.56 Å². The molecule has 0 saturated heterocycles. The van der Waals surface area contributed by atoms with Gasteiger partial charge in [0.05, 0.1) is 12.4 Å². The van der Waals surface area contributed by atoms with Gasteiger partial charge in [0.15, 0.2) is 11.4 Å². The van der Waals surface area contributed by atoms with E-state index in [1.165, 1.54) is 41.5 Å². The molecule has 0 spiro atoms. The molecule has 10 nitrogen and oxygen atoms in total. The minimum absolute atomic E-state index is 0.0207. The number of benzene rings is 1. The zero-order valence-electron chi connectivity index (χ0n) is 26.0. The fourth-order valence-corrected chi connectivity index (χ4v) is 5.97. The highest BCUT2D eigenvalue weighted by molar-refractivity contribution is 7.94. The highest BCUT2D eigenvalue weighted by Gasteiger charge is 2.72. The molecule has 0 unspecified atom stereocenters. The first-order valence-electron chi connectivity index (χ1n) is 13.4. The van der Waals surface area contributed by atoms with Gasteiger partial charge in [-0.15, -0.1) is 0 Å². The molecule has 0 bridgehead atoms. The summed E-state index contributed by atoms with van der Waals surface area (Å²) in [5.41, 5.74) is -7.24. The number of carbonyl (C=O) groups is 2. The van der Waals surface area contributed by atoms with Crippen molar-refractivity contribution in [3.05, 3.63) is 58.4 Å². The Morgan fingerprint density at radius 1 is 0.956 bits per heavy atom. The molecule has 16 heteroatoms. The molecule has 1 aliphatic rings. The lowest BCUT2D eigenvalue weighted by Crippen LogP contribution is -2.66. The number of aliphatic imine (C=N–C) groups is 1. The summed E-state index contributed by atoms with van der Waals surface area (Å²) in [7, 11) is -5.75. The van der Waals surface area contributed by atoms with Gasteiger partial charge in [0.25, 0.3) is 0 Å². The summed E-state index contributed by atoms with van der Waals surface area (Å²) in [6.45, 7) is 10.9. The maximum absolute atomic E-state index is 16.2. The summed E-state index contributed by atoms with van der Waals surface area (Å²) in [6, 6.07) is 2.53. The lowest BCUT2D eigenvalue weighted by atomic mass is 9.89. The average molecular weight is 677 g/mol. The largest absolute Gasteiger partial charge is 0.443 e. The van der Waals surface area contributed by atoms with Gasteiger partial charge in [-0.2, -0.15) is 13.7 Å². The first kappa shape index (κ1) is 35.9. The van der Waals surface area contributed by atoms with Crippen molar-refractivity contribution >= 4 is 51.4 Å². The number of rotatable bonds is 3. The van der Waals surface area contributed by atoms with Crippen LogP contribution in [0.2, 0.25) is 5.15 Å². The number of sulfone groups is 1. The molecule has 1 aromatic carbocycles. The standard InChI is InChI=1S/C29H33ClF4N4O6S/c1-25(2,3)43-23(39)38(24(40)44-26(4,5)6)22-27(7,8)45(41,42)29(33,34)28(9,37-22)17-12-16(10-11-18(17)31)13-19(32)20-14-36-21(30)15-35-20/h10-15H,1-9H3/b19-13-/t28-/m1/s1. The smallest absolute Gasteiger partial charge is 0.425 e. The Kier molecular flexibility index (Phi) is 9.29. The van der Waals surface area contributed by atoms with E-state index >= 15 is 13.2 Å². The Balaban J connectivity index is 2.36. The average Bonchev–Trinajstić information content (AvgIpc) is 2.86. The molecule has 1 atom stereocenters. The molecule has 1 aliphatic heterocycles.